The lowest BCUT2D eigenvalue weighted by atomic mass is 9.43. The summed E-state index contributed by atoms with van der Waals surface area (Å²) in [7, 11) is 0. The molecule has 11 atom stereocenters. The third kappa shape index (κ3) is 1.37. The van der Waals surface area contributed by atoms with Crippen LogP contribution < -0.4 is 0 Å². The Morgan fingerprint density at radius 2 is 1.96 bits per heavy atom. The molecule has 4 nitrogen and oxygen atoms in total. The Labute approximate surface area is 156 Å². The molecule has 0 amide bonds. The van der Waals surface area contributed by atoms with E-state index in [1.54, 1.807) is 0 Å². The van der Waals surface area contributed by atoms with Gasteiger partial charge in [0.05, 0.1) is 18.3 Å². The SMILES string of the molecule is C=C1[C@@H](O)[C@]23C[C@@H]1[C@@H](O)C[C@H]2[C@@]12C4[C@@H]3C[C@@H]1[C@@](C)(CC[C@@H]2O)CN4CC. The average Bonchev–Trinajstić information content (AvgIpc) is 3.14. The van der Waals surface area contributed by atoms with E-state index in [2.05, 4.69) is 25.3 Å². The van der Waals surface area contributed by atoms with Gasteiger partial charge in [-0.2, -0.15) is 0 Å². The first-order valence-corrected chi connectivity index (χ1v) is 10.8. The Hall–Kier alpha value is -0.420. The van der Waals surface area contributed by atoms with Gasteiger partial charge in [-0.1, -0.05) is 20.4 Å². The van der Waals surface area contributed by atoms with Crippen LogP contribution in [0.5, 0.6) is 0 Å². The van der Waals surface area contributed by atoms with Gasteiger partial charge in [0.15, 0.2) is 0 Å². The van der Waals surface area contributed by atoms with Crippen molar-refractivity contribution in [1.29, 1.82) is 0 Å². The Morgan fingerprint density at radius 1 is 1.19 bits per heavy atom. The highest BCUT2D eigenvalue weighted by molar-refractivity contribution is 5.39. The first kappa shape index (κ1) is 16.5. The second-order valence-electron chi connectivity index (χ2n) is 10.9. The van der Waals surface area contributed by atoms with Gasteiger partial charge in [0.25, 0.3) is 0 Å². The fourth-order valence-electron chi connectivity index (χ4n) is 9.97. The van der Waals surface area contributed by atoms with E-state index in [1.165, 1.54) is 0 Å². The lowest BCUT2D eigenvalue weighted by molar-refractivity contribution is -0.218. The Bertz CT molecular complexity index is 695. The van der Waals surface area contributed by atoms with Gasteiger partial charge in [-0.05, 0) is 67.4 Å². The Kier molecular flexibility index (Phi) is 2.92. The molecule has 6 rings (SSSR count). The zero-order chi connectivity index (χ0) is 18.2. The van der Waals surface area contributed by atoms with Gasteiger partial charge >= 0.3 is 0 Å². The van der Waals surface area contributed by atoms with Crippen molar-refractivity contribution in [3.63, 3.8) is 0 Å². The monoisotopic (exact) mass is 359 g/mol. The van der Waals surface area contributed by atoms with E-state index >= 15 is 0 Å². The van der Waals surface area contributed by atoms with Gasteiger partial charge in [0.1, 0.15) is 0 Å². The lowest BCUT2D eigenvalue weighted by Gasteiger charge is -2.65. The van der Waals surface area contributed by atoms with Crippen LogP contribution in [0.1, 0.15) is 46.0 Å². The molecule has 26 heavy (non-hydrogen) atoms. The van der Waals surface area contributed by atoms with Crippen LogP contribution in [0.4, 0.5) is 0 Å². The third-order valence-electron chi connectivity index (χ3n) is 10.6. The molecule has 1 unspecified atom stereocenters. The summed E-state index contributed by atoms with van der Waals surface area (Å²) in [5.74, 6) is 1.26. The second kappa shape index (κ2) is 4.59. The van der Waals surface area contributed by atoms with Gasteiger partial charge in [0.2, 0.25) is 0 Å². The molecule has 3 N–H and O–H groups in total. The maximum Gasteiger partial charge on any atom is 0.0813 e. The topological polar surface area (TPSA) is 63.9 Å². The molecular formula is C22H33NO3. The number of piperidine rings is 1. The van der Waals surface area contributed by atoms with Gasteiger partial charge in [-0.25, -0.2) is 0 Å². The summed E-state index contributed by atoms with van der Waals surface area (Å²) in [5, 5.41) is 33.8. The minimum absolute atomic E-state index is 0.0547. The molecule has 4 heteroatoms. The molecule has 6 fully saturated rings. The quantitative estimate of drug-likeness (QED) is 0.625. The van der Waals surface area contributed by atoms with Crippen molar-refractivity contribution < 1.29 is 15.3 Å². The zero-order valence-corrected chi connectivity index (χ0v) is 16.1. The lowest BCUT2D eigenvalue weighted by Crippen LogP contribution is -2.68. The first-order chi connectivity index (χ1) is 12.3. The maximum atomic E-state index is 11.5. The van der Waals surface area contributed by atoms with E-state index < -0.39 is 12.2 Å². The number of nitrogens with zero attached hydrogens (tertiary/aromatic N) is 1. The van der Waals surface area contributed by atoms with Gasteiger partial charge in [0, 0.05) is 29.3 Å². The van der Waals surface area contributed by atoms with E-state index in [0.717, 1.165) is 50.8 Å². The molecule has 144 valence electrons. The third-order valence-corrected chi connectivity index (χ3v) is 10.6. The van der Waals surface area contributed by atoms with Crippen LogP contribution in [-0.4, -0.2) is 57.7 Å². The number of hydrogen-bond donors (Lipinski definition) is 3. The summed E-state index contributed by atoms with van der Waals surface area (Å²) in [6.45, 7) is 11.1. The van der Waals surface area contributed by atoms with Crippen LogP contribution in [0, 0.1) is 39.9 Å². The minimum Gasteiger partial charge on any atom is -0.392 e. The first-order valence-electron chi connectivity index (χ1n) is 10.8. The summed E-state index contributed by atoms with van der Waals surface area (Å²) >= 11 is 0. The molecule has 7 bridgehead atoms. The Morgan fingerprint density at radius 3 is 2.69 bits per heavy atom. The fraction of sp³-hybridized carbons (Fsp3) is 0.909. The van der Waals surface area contributed by atoms with Crippen LogP contribution in [0.25, 0.3) is 0 Å². The Balaban J connectivity index is 1.61. The van der Waals surface area contributed by atoms with Gasteiger partial charge in [-0.3, -0.25) is 4.90 Å². The predicted molar refractivity (Wildman–Crippen MR) is 98.2 cm³/mol. The molecule has 0 radical (unpaired) electrons. The largest absolute Gasteiger partial charge is 0.392 e. The molecule has 5 aliphatic carbocycles. The molecule has 0 aromatic carbocycles. The summed E-state index contributed by atoms with van der Waals surface area (Å²) in [6, 6.07) is 0.373. The summed E-state index contributed by atoms with van der Waals surface area (Å²) in [4.78, 5) is 2.65. The van der Waals surface area contributed by atoms with Crippen LogP contribution >= 0.6 is 0 Å². The van der Waals surface area contributed by atoms with E-state index in [4.69, 9.17) is 0 Å². The van der Waals surface area contributed by atoms with E-state index in [-0.39, 0.29) is 34.2 Å². The second-order valence-corrected chi connectivity index (χ2v) is 10.9. The molecule has 1 heterocycles. The molecule has 0 aromatic rings. The summed E-state index contributed by atoms with van der Waals surface area (Å²) in [5.41, 5.74) is 0.849. The molecule has 6 aliphatic rings. The van der Waals surface area contributed by atoms with Crippen molar-refractivity contribution in [1.82, 2.24) is 4.90 Å². The van der Waals surface area contributed by atoms with Crippen LogP contribution in [0.3, 0.4) is 0 Å². The minimum atomic E-state index is -0.500. The van der Waals surface area contributed by atoms with E-state index in [9.17, 15) is 15.3 Å². The van der Waals surface area contributed by atoms with E-state index in [1.807, 2.05) is 0 Å². The van der Waals surface area contributed by atoms with Crippen molar-refractivity contribution in [2.75, 3.05) is 13.1 Å². The number of fused-ring (bicyclic) bond motifs is 1. The number of likely N-dealkylation sites (tertiary alicyclic amines) is 1. The standard InChI is InChI=1S/C22H33NO3/c1-4-23-10-20(3)6-5-17(25)22-15(20)7-13(18(22)23)21-9-12(11(2)19(21)26)14(24)8-16(21)22/h12-19,24-26H,2,4-10H2,1,3H3/t12-,13-,14-,15+,16+,17-,18?,19+,20-,21-,22-/m0/s1. The molecule has 1 saturated heterocycles. The highest BCUT2D eigenvalue weighted by Gasteiger charge is 2.85. The number of hydrogen-bond acceptors (Lipinski definition) is 4. The van der Waals surface area contributed by atoms with Crippen LogP contribution in [0.2, 0.25) is 0 Å². The summed E-state index contributed by atoms with van der Waals surface area (Å²) < 4.78 is 0. The highest BCUT2D eigenvalue weighted by atomic mass is 16.3. The molecule has 5 saturated carbocycles. The predicted octanol–water partition coefficient (Wildman–Crippen LogP) is 1.79. The normalized spacial score (nSPS) is 65.5. The van der Waals surface area contributed by atoms with Crippen molar-refractivity contribution in [3.8, 4) is 0 Å². The number of rotatable bonds is 1. The maximum absolute atomic E-state index is 11.5. The average molecular weight is 360 g/mol. The molecule has 2 spiro atoms. The van der Waals surface area contributed by atoms with Crippen molar-refractivity contribution in [2.45, 2.75) is 70.3 Å². The van der Waals surface area contributed by atoms with Gasteiger partial charge < -0.3 is 15.3 Å². The summed E-state index contributed by atoms with van der Waals surface area (Å²) in [6.07, 6.45) is 3.58. The van der Waals surface area contributed by atoms with E-state index in [0.29, 0.717) is 17.9 Å². The molecule has 1 aliphatic heterocycles. The fourth-order valence-corrected chi connectivity index (χ4v) is 9.97. The zero-order valence-electron chi connectivity index (χ0n) is 16.1. The molecule has 0 aromatic heterocycles. The number of aliphatic hydroxyl groups excluding tert-OH is 3. The smallest absolute Gasteiger partial charge is 0.0813 e. The van der Waals surface area contributed by atoms with Crippen LogP contribution in [0.15, 0.2) is 12.2 Å². The van der Waals surface area contributed by atoms with Crippen LogP contribution in [-0.2, 0) is 0 Å². The van der Waals surface area contributed by atoms with Crippen molar-refractivity contribution in [2.24, 2.45) is 39.9 Å². The number of aliphatic hydroxyl groups is 3. The molecular weight excluding hydrogens is 326 g/mol. The van der Waals surface area contributed by atoms with Gasteiger partial charge in [-0.15, -0.1) is 0 Å². The highest BCUT2D eigenvalue weighted by Crippen LogP contribution is 2.83. The van der Waals surface area contributed by atoms with Crippen molar-refractivity contribution in [3.05, 3.63) is 12.2 Å². The van der Waals surface area contributed by atoms with Crippen molar-refractivity contribution >= 4 is 0 Å².